The number of benzene rings is 3. The van der Waals surface area contributed by atoms with Gasteiger partial charge in [-0.05, 0) is 31.5 Å². The third-order valence-corrected chi connectivity index (χ3v) is 5.75. The molecule has 0 saturated heterocycles. The predicted octanol–water partition coefficient (Wildman–Crippen LogP) is 6.52. The molecule has 0 aliphatic carbocycles. The van der Waals surface area contributed by atoms with Crippen molar-refractivity contribution in [3.63, 3.8) is 0 Å². The molecular formula is C28H31N3. The average molecular weight is 410 g/mol. The maximum Gasteiger partial charge on any atom is 0.0963 e. The van der Waals surface area contributed by atoms with Gasteiger partial charge >= 0.3 is 0 Å². The van der Waals surface area contributed by atoms with E-state index in [1.54, 1.807) is 0 Å². The first-order valence-electron chi connectivity index (χ1n) is 11.3. The zero-order chi connectivity index (χ0) is 21.3. The van der Waals surface area contributed by atoms with Crippen LogP contribution in [0.5, 0.6) is 0 Å². The molecule has 0 unspecified atom stereocenters. The quantitative estimate of drug-likeness (QED) is 0.278. The highest BCUT2D eigenvalue weighted by atomic mass is 15.1. The molecule has 158 valence electrons. The smallest absolute Gasteiger partial charge is 0.0963 e. The maximum absolute atomic E-state index is 4.80. The van der Waals surface area contributed by atoms with Crippen molar-refractivity contribution in [2.24, 2.45) is 0 Å². The summed E-state index contributed by atoms with van der Waals surface area (Å²) in [6.45, 7) is 6.45. The minimum Gasteiger partial charge on any atom is -0.330 e. The van der Waals surface area contributed by atoms with Gasteiger partial charge in [-0.15, -0.1) is 0 Å². The van der Waals surface area contributed by atoms with Gasteiger partial charge in [0.05, 0.1) is 17.7 Å². The molecular weight excluding hydrogens is 378 g/mol. The lowest BCUT2D eigenvalue weighted by atomic mass is 10.0. The number of aryl methyl sites for hydroxylation is 1. The molecule has 3 heteroatoms. The van der Waals surface area contributed by atoms with Crippen LogP contribution < -0.4 is 0 Å². The average Bonchev–Trinajstić information content (AvgIpc) is 3.26. The zero-order valence-corrected chi connectivity index (χ0v) is 18.3. The molecule has 0 spiro atoms. The van der Waals surface area contributed by atoms with Gasteiger partial charge in [0.2, 0.25) is 0 Å². The Kier molecular flexibility index (Phi) is 7.30. The van der Waals surface area contributed by atoms with Crippen LogP contribution in [0.25, 0.3) is 22.5 Å². The second-order valence-corrected chi connectivity index (χ2v) is 7.93. The van der Waals surface area contributed by atoms with Crippen LogP contribution in [0.1, 0.15) is 25.3 Å². The summed E-state index contributed by atoms with van der Waals surface area (Å²) in [5.74, 6) is 0. The van der Waals surface area contributed by atoms with Crippen molar-refractivity contribution in [1.29, 1.82) is 0 Å². The number of aromatic nitrogens is 2. The summed E-state index contributed by atoms with van der Waals surface area (Å²) in [5.41, 5.74) is 6.05. The Morgan fingerprint density at radius 2 is 1.35 bits per heavy atom. The first kappa shape index (κ1) is 21.1. The highest BCUT2D eigenvalue weighted by molar-refractivity contribution is 5.78. The molecule has 3 aromatic carbocycles. The molecule has 0 N–H and O–H groups in total. The lowest BCUT2D eigenvalue weighted by molar-refractivity contribution is 0.272. The topological polar surface area (TPSA) is 21.1 Å². The third kappa shape index (κ3) is 5.50. The molecule has 0 aliphatic rings. The Bertz CT molecular complexity index is 1040. The Hall–Kier alpha value is -3.17. The standard InChI is InChI=1S/C28H31N3/c1-2-30(22-24-14-6-3-7-15-24)20-12-13-21-31-23-29-27(25-16-8-4-9-17-25)28(31)26-18-10-5-11-19-26/h3-11,14-19,23H,2,12-13,20-22H2,1H3. The van der Waals surface area contributed by atoms with Gasteiger partial charge in [0.25, 0.3) is 0 Å². The molecule has 1 aromatic heterocycles. The fraction of sp³-hybridized carbons (Fsp3) is 0.250. The van der Waals surface area contributed by atoms with Crippen LogP contribution in [0.4, 0.5) is 0 Å². The zero-order valence-electron chi connectivity index (χ0n) is 18.3. The van der Waals surface area contributed by atoms with Gasteiger partial charge in [-0.1, -0.05) is 97.9 Å². The van der Waals surface area contributed by atoms with Crippen LogP contribution in [0.15, 0.2) is 97.3 Å². The van der Waals surface area contributed by atoms with Crippen molar-refractivity contribution >= 4 is 0 Å². The van der Waals surface area contributed by atoms with Crippen molar-refractivity contribution < 1.29 is 0 Å². The Morgan fingerprint density at radius 3 is 2.00 bits per heavy atom. The summed E-state index contributed by atoms with van der Waals surface area (Å²) in [7, 11) is 0. The van der Waals surface area contributed by atoms with Crippen LogP contribution in [0, 0.1) is 0 Å². The Labute approximate surface area is 186 Å². The summed E-state index contributed by atoms with van der Waals surface area (Å²) in [6, 6.07) is 31.9. The van der Waals surface area contributed by atoms with E-state index >= 15 is 0 Å². The summed E-state index contributed by atoms with van der Waals surface area (Å²) in [5, 5.41) is 0. The molecule has 0 atom stereocenters. The normalized spacial score (nSPS) is 11.2. The molecule has 0 bridgehead atoms. The van der Waals surface area contributed by atoms with Crippen molar-refractivity contribution in [3.8, 4) is 22.5 Å². The van der Waals surface area contributed by atoms with Crippen molar-refractivity contribution in [1.82, 2.24) is 14.5 Å². The lowest BCUT2D eigenvalue weighted by Crippen LogP contribution is -2.24. The van der Waals surface area contributed by atoms with Crippen LogP contribution in [0.2, 0.25) is 0 Å². The monoisotopic (exact) mass is 409 g/mol. The van der Waals surface area contributed by atoms with E-state index in [0.717, 1.165) is 38.3 Å². The largest absolute Gasteiger partial charge is 0.330 e. The SMILES string of the molecule is CCN(CCCCn1cnc(-c2ccccc2)c1-c1ccccc1)Cc1ccccc1. The number of unbranched alkanes of at least 4 members (excludes halogenated alkanes) is 1. The number of hydrogen-bond acceptors (Lipinski definition) is 2. The predicted molar refractivity (Wildman–Crippen MR) is 130 cm³/mol. The molecule has 0 amide bonds. The van der Waals surface area contributed by atoms with Crippen molar-refractivity contribution in [2.45, 2.75) is 32.9 Å². The molecule has 1 heterocycles. The van der Waals surface area contributed by atoms with Crippen molar-refractivity contribution in [2.75, 3.05) is 13.1 Å². The van der Waals surface area contributed by atoms with Gasteiger partial charge in [0.15, 0.2) is 0 Å². The molecule has 0 aliphatic heterocycles. The molecule has 4 aromatic rings. The summed E-state index contributed by atoms with van der Waals surface area (Å²) >= 11 is 0. The van der Waals surface area contributed by atoms with Crippen LogP contribution in [-0.4, -0.2) is 27.5 Å². The number of hydrogen-bond donors (Lipinski definition) is 0. The summed E-state index contributed by atoms with van der Waals surface area (Å²) in [6.07, 6.45) is 4.32. The van der Waals surface area contributed by atoms with E-state index in [1.807, 2.05) is 6.33 Å². The highest BCUT2D eigenvalue weighted by Crippen LogP contribution is 2.31. The second-order valence-electron chi connectivity index (χ2n) is 7.93. The van der Waals surface area contributed by atoms with Crippen LogP contribution >= 0.6 is 0 Å². The third-order valence-electron chi connectivity index (χ3n) is 5.75. The lowest BCUT2D eigenvalue weighted by Gasteiger charge is -2.20. The fourth-order valence-electron chi connectivity index (χ4n) is 4.07. The minimum absolute atomic E-state index is 0.979. The first-order valence-corrected chi connectivity index (χ1v) is 11.3. The van der Waals surface area contributed by atoms with E-state index < -0.39 is 0 Å². The van der Waals surface area contributed by atoms with Crippen LogP contribution in [-0.2, 0) is 13.1 Å². The molecule has 3 nitrogen and oxygen atoms in total. The van der Waals surface area contributed by atoms with Gasteiger partial charge in [-0.2, -0.15) is 0 Å². The van der Waals surface area contributed by atoms with Crippen LogP contribution in [0.3, 0.4) is 0 Å². The summed E-state index contributed by atoms with van der Waals surface area (Å²) in [4.78, 5) is 7.33. The molecule has 31 heavy (non-hydrogen) atoms. The second kappa shape index (κ2) is 10.7. The maximum atomic E-state index is 4.80. The van der Waals surface area contributed by atoms with E-state index in [4.69, 9.17) is 4.98 Å². The fourth-order valence-corrected chi connectivity index (χ4v) is 4.07. The van der Waals surface area contributed by atoms with E-state index in [1.165, 1.54) is 28.8 Å². The van der Waals surface area contributed by atoms with Gasteiger partial charge in [-0.3, -0.25) is 4.90 Å². The van der Waals surface area contributed by atoms with E-state index in [-0.39, 0.29) is 0 Å². The van der Waals surface area contributed by atoms with E-state index in [2.05, 4.69) is 107 Å². The van der Waals surface area contributed by atoms with Gasteiger partial charge < -0.3 is 4.57 Å². The minimum atomic E-state index is 0.979. The molecule has 4 rings (SSSR count). The van der Waals surface area contributed by atoms with Gasteiger partial charge in [0.1, 0.15) is 0 Å². The molecule has 0 saturated carbocycles. The molecule has 0 fully saturated rings. The highest BCUT2D eigenvalue weighted by Gasteiger charge is 2.14. The number of nitrogens with zero attached hydrogens (tertiary/aromatic N) is 3. The van der Waals surface area contributed by atoms with E-state index in [0.29, 0.717) is 0 Å². The Balaban J connectivity index is 1.43. The summed E-state index contributed by atoms with van der Waals surface area (Å²) < 4.78 is 2.32. The van der Waals surface area contributed by atoms with Gasteiger partial charge in [-0.25, -0.2) is 4.98 Å². The number of imidazole rings is 1. The number of rotatable bonds is 10. The molecule has 0 radical (unpaired) electrons. The van der Waals surface area contributed by atoms with Crippen molar-refractivity contribution in [3.05, 3.63) is 103 Å². The first-order chi connectivity index (χ1) is 15.3. The Morgan fingerprint density at radius 1 is 0.742 bits per heavy atom. The van der Waals surface area contributed by atoms with Gasteiger partial charge in [0, 0.05) is 24.2 Å². The van der Waals surface area contributed by atoms with E-state index in [9.17, 15) is 0 Å².